The van der Waals surface area contributed by atoms with Crippen LogP contribution in [-0.4, -0.2) is 42.0 Å². The molecule has 1 aromatic rings. The van der Waals surface area contributed by atoms with Crippen LogP contribution in [0, 0.1) is 18.8 Å². The Hall–Kier alpha value is -1.62. The molecule has 2 atom stereocenters. The van der Waals surface area contributed by atoms with Crippen molar-refractivity contribution in [2.24, 2.45) is 11.8 Å². The quantitative estimate of drug-likeness (QED) is 0.732. The number of amides is 1. The molecule has 5 heteroatoms. The standard InChI is InChI=1S/C13H17N3O2/c1-8-2-12(17)11(5-15-8)13(18)16-6-9-3-14-4-10(9)7-16/h2,5,9-10,14H,3-4,6-7H2,1H3,(H,15,17). The Morgan fingerprint density at radius 2 is 2.00 bits per heavy atom. The maximum absolute atomic E-state index is 12.3. The lowest BCUT2D eigenvalue weighted by Crippen LogP contribution is -2.34. The summed E-state index contributed by atoms with van der Waals surface area (Å²) in [5.41, 5.74) is 0.846. The van der Waals surface area contributed by atoms with E-state index in [4.69, 9.17) is 0 Å². The summed E-state index contributed by atoms with van der Waals surface area (Å²) < 4.78 is 0. The van der Waals surface area contributed by atoms with Crippen LogP contribution < -0.4 is 10.7 Å². The van der Waals surface area contributed by atoms with Crippen molar-refractivity contribution in [2.75, 3.05) is 26.2 Å². The van der Waals surface area contributed by atoms with Crippen LogP contribution in [0.5, 0.6) is 0 Å². The average molecular weight is 247 g/mol. The first-order valence-electron chi connectivity index (χ1n) is 6.34. The van der Waals surface area contributed by atoms with Crippen LogP contribution in [0.25, 0.3) is 0 Å². The lowest BCUT2D eigenvalue weighted by Gasteiger charge is -2.17. The zero-order chi connectivity index (χ0) is 12.7. The minimum Gasteiger partial charge on any atom is -0.364 e. The molecule has 0 aromatic carbocycles. The van der Waals surface area contributed by atoms with Crippen molar-refractivity contribution in [1.82, 2.24) is 15.2 Å². The number of carbonyl (C=O) groups is 1. The van der Waals surface area contributed by atoms with E-state index in [1.54, 1.807) is 0 Å². The first kappa shape index (κ1) is 11.5. The number of rotatable bonds is 1. The van der Waals surface area contributed by atoms with Gasteiger partial charge in [-0.05, 0) is 18.8 Å². The van der Waals surface area contributed by atoms with Crippen molar-refractivity contribution in [3.63, 3.8) is 0 Å². The van der Waals surface area contributed by atoms with Gasteiger partial charge in [0.15, 0.2) is 5.43 Å². The SMILES string of the molecule is Cc1cc(=O)c(C(=O)N2CC3CNCC3C2)c[nH]1. The topological polar surface area (TPSA) is 65.2 Å². The number of aryl methyl sites for hydroxylation is 1. The molecule has 0 saturated carbocycles. The van der Waals surface area contributed by atoms with Gasteiger partial charge < -0.3 is 15.2 Å². The van der Waals surface area contributed by atoms with Crippen molar-refractivity contribution in [1.29, 1.82) is 0 Å². The van der Waals surface area contributed by atoms with Crippen molar-refractivity contribution < 1.29 is 4.79 Å². The summed E-state index contributed by atoms with van der Waals surface area (Å²) in [6.45, 7) is 5.31. The van der Waals surface area contributed by atoms with Gasteiger partial charge in [0, 0.05) is 44.1 Å². The molecule has 1 amide bonds. The van der Waals surface area contributed by atoms with Gasteiger partial charge in [-0.3, -0.25) is 9.59 Å². The summed E-state index contributed by atoms with van der Waals surface area (Å²) in [4.78, 5) is 28.9. The number of H-pyrrole nitrogens is 1. The highest BCUT2D eigenvalue weighted by molar-refractivity contribution is 5.94. The van der Waals surface area contributed by atoms with Gasteiger partial charge in [0.05, 0.1) is 0 Å². The molecule has 2 aliphatic rings. The Labute approximate surface area is 105 Å². The third-order valence-electron chi connectivity index (χ3n) is 3.96. The molecule has 2 saturated heterocycles. The lowest BCUT2D eigenvalue weighted by atomic mass is 10.0. The van der Waals surface area contributed by atoms with Gasteiger partial charge >= 0.3 is 0 Å². The van der Waals surface area contributed by atoms with Crippen LogP contribution in [0.2, 0.25) is 0 Å². The second-order valence-electron chi connectivity index (χ2n) is 5.28. The Bertz CT molecular complexity index is 525. The number of aromatic amines is 1. The number of likely N-dealkylation sites (tertiary alicyclic amines) is 1. The minimum absolute atomic E-state index is 0.134. The molecule has 0 spiro atoms. The highest BCUT2D eigenvalue weighted by Gasteiger charge is 2.38. The van der Waals surface area contributed by atoms with E-state index < -0.39 is 0 Å². The van der Waals surface area contributed by atoms with E-state index in [0.29, 0.717) is 11.8 Å². The zero-order valence-corrected chi connectivity index (χ0v) is 10.4. The Morgan fingerprint density at radius 1 is 1.33 bits per heavy atom. The molecule has 0 bridgehead atoms. The predicted octanol–water partition coefficient (Wildman–Crippen LogP) is -0.0253. The molecule has 2 N–H and O–H groups in total. The molecular weight excluding hydrogens is 230 g/mol. The van der Waals surface area contributed by atoms with Gasteiger partial charge in [-0.2, -0.15) is 0 Å². The largest absolute Gasteiger partial charge is 0.364 e. The maximum atomic E-state index is 12.3. The van der Waals surface area contributed by atoms with Crippen LogP contribution in [0.1, 0.15) is 16.1 Å². The zero-order valence-electron chi connectivity index (χ0n) is 10.4. The maximum Gasteiger partial charge on any atom is 0.259 e. The van der Waals surface area contributed by atoms with Gasteiger partial charge in [-0.1, -0.05) is 0 Å². The van der Waals surface area contributed by atoms with Crippen molar-refractivity contribution in [2.45, 2.75) is 6.92 Å². The first-order chi connectivity index (χ1) is 8.65. The highest BCUT2D eigenvalue weighted by atomic mass is 16.2. The van der Waals surface area contributed by atoms with Gasteiger partial charge in [0.25, 0.3) is 5.91 Å². The number of hydrogen-bond acceptors (Lipinski definition) is 3. The molecule has 18 heavy (non-hydrogen) atoms. The summed E-state index contributed by atoms with van der Waals surface area (Å²) in [6.07, 6.45) is 1.53. The number of pyridine rings is 1. The number of hydrogen-bond donors (Lipinski definition) is 2. The normalized spacial score (nSPS) is 26.4. The Kier molecular flexibility index (Phi) is 2.70. The van der Waals surface area contributed by atoms with Gasteiger partial charge in [-0.15, -0.1) is 0 Å². The molecule has 2 fully saturated rings. The summed E-state index contributed by atoms with van der Waals surface area (Å²) >= 11 is 0. The summed E-state index contributed by atoms with van der Waals surface area (Å²) in [5, 5.41) is 3.34. The van der Waals surface area contributed by atoms with Crippen LogP contribution in [0.4, 0.5) is 0 Å². The summed E-state index contributed by atoms with van der Waals surface area (Å²) in [6, 6.07) is 1.48. The molecule has 5 nitrogen and oxygen atoms in total. The van der Waals surface area contributed by atoms with E-state index in [0.717, 1.165) is 31.9 Å². The number of aromatic nitrogens is 1. The summed E-state index contributed by atoms with van der Waals surface area (Å²) in [7, 11) is 0. The van der Waals surface area contributed by atoms with Crippen LogP contribution in [0.15, 0.2) is 17.1 Å². The number of nitrogens with zero attached hydrogens (tertiary/aromatic N) is 1. The Morgan fingerprint density at radius 3 is 2.61 bits per heavy atom. The monoisotopic (exact) mass is 247 g/mol. The van der Waals surface area contributed by atoms with Gasteiger partial charge in [0.1, 0.15) is 5.56 Å². The van der Waals surface area contributed by atoms with Gasteiger partial charge in [-0.25, -0.2) is 0 Å². The van der Waals surface area contributed by atoms with Crippen molar-refractivity contribution >= 4 is 5.91 Å². The third kappa shape index (κ3) is 1.84. The number of fused-ring (bicyclic) bond motifs is 1. The summed E-state index contributed by atoms with van der Waals surface area (Å²) in [5.74, 6) is 0.975. The molecule has 2 aliphatic heterocycles. The molecule has 1 aromatic heterocycles. The van der Waals surface area contributed by atoms with Crippen LogP contribution in [-0.2, 0) is 0 Å². The average Bonchev–Trinajstić information content (AvgIpc) is 2.87. The fourth-order valence-corrected chi connectivity index (χ4v) is 2.93. The molecular formula is C13H17N3O2. The molecule has 96 valence electrons. The second kappa shape index (κ2) is 4.24. The smallest absolute Gasteiger partial charge is 0.259 e. The van der Waals surface area contributed by atoms with E-state index in [2.05, 4.69) is 10.3 Å². The van der Waals surface area contributed by atoms with Crippen LogP contribution >= 0.6 is 0 Å². The number of nitrogens with one attached hydrogen (secondary N) is 2. The van der Waals surface area contributed by atoms with Crippen molar-refractivity contribution in [3.8, 4) is 0 Å². The van der Waals surface area contributed by atoms with E-state index in [9.17, 15) is 9.59 Å². The van der Waals surface area contributed by atoms with E-state index in [-0.39, 0.29) is 16.9 Å². The third-order valence-corrected chi connectivity index (χ3v) is 3.96. The van der Waals surface area contributed by atoms with E-state index in [1.807, 2.05) is 11.8 Å². The molecule has 3 rings (SSSR count). The lowest BCUT2D eigenvalue weighted by molar-refractivity contribution is 0.0780. The molecule has 0 aliphatic carbocycles. The molecule has 2 unspecified atom stereocenters. The predicted molar refractivity (Wildman–Crippen MR) is 67.6 cm³/mol. The Balaban J connectivity index is 1.81. The van der Waals surface area contributed by atoms with E-state index in [1.165, 1.54) is 12.3 Å². The second-order valence-corrected chi connectivity index (χ2v) is 5.28. The first-order valence-corrected chi connectivity index (χ1v) is 6.34. The van der Waals surface area contributed by atoms with Crippen LogP contribution in [0.3, 0.4) is 0 Å². The highest BCUT2D eigenvalue weighted by Crippen LogP contribution is 2.26. The van der Waals surface area contributed by atoms with E-state index >= 15 is 0 Å². The number of carbonyl (C=O) groups excluding carboxylic acids is 1. The fourth-order valence-electron chi connectivity index (χ4n) is 2.93. The molecule has 0 radical (unpaired) electrons. The fraction of sp³-hybridized carbons (Fsp3) is 0.538. The molecule has 3 heterocycles. The minimum atomic E-state index is -0.188. The van der Waals surface area contributed by atoms with Gasteiger partial charge in [0.2, 0.25) is 0 Å². The van der Waals surface area contributed by atoms with Crippen molar-refractivity contribution in [3.05, 3.63) is 33.7 Å².